The van der Waals surface area contributed by atoms with Crippen LogP contribution in [0.5, 0.6) is 0 Å². The second-order valence-electron chi connectivity index (χ2n) is 3.11. The summed E-state index contributed by atoms with van der Waals surface area (Å²) in [4.78, 5) is 4.06. The third-order valence-corrected chi connectivity index (χ3v) is 2.56. The third kappa shape index (κ3) is 4.29. The highest BCUT2D eigenvalue weighted by Gasteiger charge is 2.02. The van der Waals surface area contributed by atoms with Crippen LogP contribution in [0.25, 0.3) is 0 Å². The monoisotopic (exact) mass is 196 g/mol. The molecular weight excluding hydrogens is 180 g/mol. The Balaban J connectivity index is 2.32. The lowest BCUT2D eigenvalue weighted by Gasteiger charge is -2.09. The Bertz CT molecular complexity index is 226. The Morgan fingerprint density at radius 2 is 2.46 bits per heavy atom. The summed E-state index contributed by atoms with van der Waals surface area (Å²) >= 11 is 1.84. The predicted octanol–water partition coefficient (Wildman–Crippen LogP) is 1.70. The fourth-order valence-electron chi connectivity index (χ4n) is 1.19. The molecule has 0 amide bonds. The first kappa shape index (κ1) is 10.5. The zero-order chi connectivity index (χ0) is 9.52. The lowest BCUT2D eigenvalue weighted by molar-refractivity contribution is 0.650. The van der Waals surface area contributed by atoms with Gasteiger partial charge in [-0.3, -0.25) is 4.98 Å². The van der Waals surface area contributed by atoms with Gasteiger partial charge < -0.3 is 5.73 Å². The molecule has 0 radical (unpaired) electrons. The maximum atomic E-state index is 5.95. The van der Waals surface area contributed by atoms with Crippen molar-refractivity contribution in [2.24, 2.45) is 5.73 Å². The minimum absolute atomic E-state index is 0.275. The van der Waals surface area contributed by atoms with E-state index in [2.05, 4.69) is 17.3 Å². The molecule has 13 heavy (non-hydrogen) atoms. The van der Waals surface area contributed by atoms with Crippen molar-refractivity contribution in [2.45, 2.75) is 18.9 Å². The summed E-state index contributed by atoms with van der Waals surface area (Å²) in [5.41, 5.74) is 7.18. The summed E-state index contributed by atoms with van der Waals surface area (Å²) in [5.74, 6) is 1.14. The van der Waals surface area contributed by atoms with E-state index in [0.717, 1.165) is 18.6 Å². The van der Waals surface area contributed by atoms with Crippen LogP contribution in [0.1, 0.15) is 12.0 Å². The van der Waals surface area contributed by atoms with Crippen molar-refractivity contribution >= 4 is 11.8 Å². The summed E-state index contributed by atoms with van der Waals surface area (Å²) in [6.45, 7) is 0. The molecule has 72 valence electrons. The van der Waals surface area contributed by atoms with Gasteiger partial charge in [-0.25, -0.2) is 0 Å². The zero-order valence-electron chi connectivity index (χ0n) is 7.94. The van der Waals surface area contributed by atoms with Crippen LogP contribution in [-0.4, -0.2) is 23.0 Å². The van der Waals surface area contributed by atoms with Crippen LogP contribution in [0.4, 0.5) is 0 Å². The van der Waals surface area contributed by atoms with Gasteiger partial charge in [0.05, 0.1) is 0 Å². The topological polar surface area (TPSA) is 38.9 Å². The quantitative estimate of drug-likeness (QED) is 0.779. The molecule has 0 fully saturated rings. The fourth-order valence-corrected chi connectivity index (χ4v) is 1.73. The summed E-state index contributed by atoms with van der Waals surface area (Å²) < 4.78 is 0. The minimum atomic E-state index is 0.275. The Hall–Kier alpha value is -0.540. The van der Waals surface area contributed by atoms with Gasteiger partial charge in [0.25, 0.3) is 0 Å². The molecule has 3 heteroatoms. The van der Waals surface area contributed by atoms with Gasteiger partial charge in [-0.2, -0.15) is 11.8 Å². The highest BCUT2D eigenvalue weighted by atomic mass is 32.2. The molecule has 0 aliphatic heterocycles. The molecule has 0 aromatic carbocycles. The molecule has 0 spiro atoms. The molecule has 1 atom stereocenters. The first-order chi connectivity index (χ1) is 6.33. The first-order valence-corrected chi connectivity index (χ1v) is 5.85. The van der Waals surface area contributed by atoms with Crippen molar-refractivity contribution in [1.82, 2.24) is 4.98 Å². The van der Waals surface area contributed by atoms with E-state index in [1.54, 1.807) is 6.20 Å². The Morgan fingerprint density at radius 1 is 1.62 bits per heavy atom. The molecule has 2 nitrogen and oxygen atoms in total. The van der Waals surface area contributed by atoms with E-state index in [1.165, 1.54) is 5.56 Å². The van der Waals surface area contributed by atoms with Gasteiger partial charge in [0, 0.05) is 18.4 Å². The van der Waals surface area contributed by atoms with Crippen LogP contribution in [0, 0.1) is 0 Å². The van der Waals surface area contributed by atoms with Crippen LogP contribution in [0.3, 0.4) is 0 Å². The van der Waals surface area contributed by atoms with Crippen molar-refractivity contribution in [2.75, 3.05) is 12.0 Å². The number of nitrogens with two attached hydrogens (primary N) is 1. The maximum absolute atomic E-state index is 5.95. The van der Waals surface area contributed by atoms with Gasteiger partial charge >= 0.3 is 0 Å². The molecule has 0 saturated carbocycles. The van der Waals surface area contributed by atoms with Crippen LogP contribution in [0.2, 0.25) is 0 Å². The number of aromatic nitrogens is 1. The van der Waals surface area contributed by atoms with Gasteiger partial charge in [0.1, 0.15) is 0 Å². The number of thioether (sulfide) groups is 1. The SMILES string of the molecule is CSCCC(N)Cc1cccnc1. The van der Waals surface area contributed by atoms with Gasteiger partial charge in [-0.1, -0.05) is 6.07 Å². The fraction of sp³-hybridized carbons (Fsp3) is 0.500. The number of hydrogen-bond donors (Lipinski definition) is 1. The second-order valence-corrected chi connectivity index (χ2v) is 4.09. The van der Waals surface area contributed by atoms with Crippen LogP contribution in [0.15, 0.2) is 24.5 Å². The summed E-state index contributed by atoms with van der Waals surface area (Å²) in [6.07, 6.45) is 7.80. The lowest BCUT2D eigenvalue weighted by Crippen LogP contribution is -2.23. The van der Waals surface area contributed by atoms with E-state index in [1.807, 2.05) is 24.0 Å². The predicted molar refractivity (Wildman–Crippen MR) is 58.9 cm³/mol. The van der Waals surface area contributed by atoms with Gasteiger partial charge in [-0.15, -0.1) is 0 Å². The van der Waals surface area contributed by atoms with Crippen molar-refractivity contribution in [3.8, 4) is 0 Å². The Kier molecular flexibility index (Phi) is 4.86. The second kappa shape index (κ2) is 6.00. The van der Waals surface area contributed by atoms with E-state index in [0.29, 0.717) is 0 Å². The Labute approximate surface area is 83.9 Å². The standard InChI is InChI=1S/C10H16N2S/c1-13-6-4-10(11)7-9-3-2-5-12-8-9/h2-3,5,8,10H,4,6-7,11H2,1H3. The highest BCUT2D eigenvalue weighted by molar-refractivity contribution is 7.98. The summed E-state index contributed by atoms with van der Waals surface area (Å²) in [6, 6.07) is 4.31. The molecule has 1 aromatic heterocycles. The van der Waals surface area contributed by atoms with E-state index in [4.69, 9.17) is 5.73 Å². The molecule has 1 rings (SSSR count). The molecule has 1 heterocycles. The molecular formula is C10H16N2S. The van der Waals surface area contributed by atoms with E-state index >= 15 is 0 Å². The summed E-state index contributed by atoms with van der Waals surface area (Å²) in [7, 11) is 0. The minimum Gasteiger partial charge on any atom is -0.327 e. The normalized spacial score (nSPS) is 12.8. The number of nitrogens with zero attached hydrogens (tertiary/aromatic N) is 1. The van der Waals surface area contributed by atoms with Gasteiger partial charge in [0.15, 0.2) is 0 Å². The van der Waals surface area contributed by atoms with Crippen molar-refractivity contribution < 1.29 is 0 Å². The molecule has 1 unspecified atom stereocenters. The van der Waals surface area contributed by atoms with Crippen LogP contribution < -0.4 is 5.73 Å². The summed E-state index contributed by atoms with van der Waals surface area (Å²) in [5, 5.41) is 0. The van der Waals surface area contributed by atoms with Crippen molar-refractivity contribution in [3.05, 3.63) is 30.1 Å². The number of hydrogen-bond acceptors (Lipinski definition) is 3. The van der Waals surface area contributed by atoms with Gasteiger partial charge in [-0.05, 0) is 36.5 Å². The molecule has 1 aromatic rings. The maximum Gasteiger partial charge on any atom is 0.0300 e. The largest absolute Gasteiger partial charge is 0.327 e. The smallest absolute Gasteiger partial charge is 0.0300 e. The average molecular weight is 196 g/mol. The lowest BCUT2D eigenvalue weighted by atomic mass is 10.1. The van der Waals surface area contributed by atoms with E-state index in [9.17, 15) is 0 Å². The van der Waals surface area contributed by atoms with Crippen molar-refractivity contribution in [1.29, 1.82) is 0 Å². The molecule has 0 aliphatic carbocycles. The number of pyridine rings is 1. The van der Waals surface area contributed by atoms with Gasteiger partial charge in [0.2, 0.25) is 0 Å². The average Bonchev–Trinajstić information content (AvgIpc) is 2.16. The van der Waals surface area contributed by atoms with Crippen LogP contribution >= 0.6 is 11.8 Å². The molecule has 0 aliphatic rings. The molecule has 2 N–H and O–H groups in total. The van der Waals surface area contributed by atoms with E-state index < -0.39 is 0 Å². The molecule has 0 bridgehead atoms. The van der Waals surface area contributed by atoms with Crippen molar-refractivity contribution in [3.63, 3.8) is 0 Å². The van der Waals surface area contributed by atoms with Crippen LogP contribution in [-0.2, 0) is 6.42 Å². The Morgan fingerprint density at radius 3 is 3.08 bits per heavy atom. The third-order valence-electron chi connectivity index (χ3n) is 1.91. The first-order valence-electron chi connectivity index (χ1n) is 4.46. The highest BCUT2D eigenvalue weighted by Crippen LogP contribution is 2.05. The van der Waals surface area contributed by atoms with E-state index in [-0.39, 0.29) is 6.04 Å². The molecule has 0 saturated heterocycles. The zero-order valence-corrected chi connectivity index (χ0v) is 8.76. The number of rotatable bonds is 5.